The van der Waals surface area contributed by atoms with Gasteiger partial charge in [-0.05, 0) is 42.4 Å². The van der Waals surface area contributed by atoms with Crippen LogP contribution in [0.2, 0.25) is 5.02 Å². The van der Waals surface area contributed by atoms with E-state index >= 15 is 0 Å². The molecule has 0 bridgehead atoms. The lowest BCUT2D eigenvalue weighted by Gasteiger charge is -2.07. The topological polar surface area (TPSA) is 30.9 Å². The summed E-state index contributed by atoms with van der Waals surface area (Å²) < 4.78 is 2.76. The van der Waals surface area contributed by atoms with Crippen molar-refractivity contribution in [2.24, 2.45) is 0 Å². The van der Waals surface area contributed by atoms with E-state index in [0.29, 0.717) is 17.4 Å². The highest BCUT2D eigenvalue weighted by Gasteiger charge is 2.12. The van der Waals surface area contributed by atoms with Crippen LogP contribution in [0.15, 0.2) is 48.5 Å². The van der Waals surface area contributed by atoms with Crippen LogP contribution in [0.3, 0.4) is 0 Å². The normalized spacial score (nSPS) is 10.8. The van der Waals surface area contributed by atoms with E-state index in [4.69, 9.17) is 29.6 Å². The quantitative estimate of drug-likeness (QED) is 0.631. The van der Waals surface area contributed by atoms with Crippen molar-refractivity contribution in [2.45, 2.75) is 13.5 Å². The van der Waals surface area contributed by atoms with Gasteiger partial charge >= 0.3 is 0 Å². The summed E-state index contributed by atoms with van der Waals surface area (Å²) in [5.41, 5.74) is 9.80. The molecule has 0 amide bonds. The minimum absolute atomic E-state index is 0.690. The number of aryl methyl sites for hydroxylation is 1. The largest absolute Gasteiger partial charge is 0.384 e. The fraction of sp³-hybridized carbons (Fsp3) is 0.118. The Kier molecular flexibility index (Phi) is 4.34. The number of hydrogen-bond acceptors (Lipinski definition) is 3. The number of nitrogens with two attached hydrogens (primary N) is 1. The fourth-order valence-electron chi connectivity index (χ4n) is 2.25. The highest BCUT2D eigenvalue weighted by Crippen LogP contribution is 2.34. The molecule has 22 heavy (non-hydrogen) atoms. The maximum atomic E-state index is 6.33. The maximum Gasteiger partial charge on any atom is 0.163 e. The minimum atomic E-state index is 0.690. The smallest absolute Gasteiger partial charge is 0.163 e. The first-order chi connectivity index (χ1) is 10.5. The van der Waals surface area contributed by atoms with Crippen LogP contribution in [0.4, 0.5) is 5.82 Å². The van der Waals surface area contributed by atoms with Crippen LogP contribution in [0.5, 0.6) is 0 Å². The van der Waals surface area contributed by atoms with E-state index in [1.165, 1.54) is 22.5 Å². The second-order valence-corrected chi connectivity index (χ2v) is 7.24. The van der Waals surface area contributed by atoms with Crippen molar-refractivity contribution in [1.82, 2.24) is 4.57 Å². The number of nitrogens with zero attached hydrogens (tertiary/aromatic N) is 1. The average molecular weight is 347 g/mol. The van der Waals surface area contributed by atoms with Gasteiger partial charge in [0.25, 0.3) is 0 Å². The summed E-state index contributed by atoms with van der Waals surface area (Å²) in [5, 5.41) is 0.713. The lowest BCUT2D eigenvalue weighted by atomic mass is 10.1. The molecule has 0 fully saturated rings. The highest BCUT2D eigenvalue weighted by molar-refractivity contribution is 7.73. The van der Waals surface area contributed by atoms with Gasteiger partial charge in [0.15, 0.2) is 3.95 Å². The van der Waals surface area contributed by atoms with E-state index in [1.54, 1.807) is 0 Å². The van der Waals surface area contributed by atoms with Gasteiger partial charge in [-0.15, -0.1) is 11.3 Å². The van der Waals surface area contributed by atoms with Crippen LogP contribution in [-0.4, -0.2) is 4.57 Å². The number of benzene rings is 2. The van der Waals surface area contributed by atoms with E-state index in [9.17, 15) is 0 Å². The predicted octanol–water partition coefficient (Wildman–Crippen LogP) is 5.54. The number of hydrogen-bond donors (Lipinski definition) is 1. The molecular formula is C17H15ClN2S2. The molecule has 0 unspecified atom stereocenters. The number of halogens is 1. The van der Waals surface area contributed by atoms with Crippen LogP contribution in [0.1, 0.15) is 11.1 Å². The van der Waals surface area contributed by atoms with Crippen LogP contribution in [0, 0.1) is 10.9 Å². The van der Waals surface area contributed by atoms with E-state index in [0.717, 1.165) is 14.4 Å². The SMILES string of the molecule is Cc1ccc(Cn2c(N)c(-c3ccc(Cl)cc3)sc2=S)cc1. The molecule has 0 aliphatic rings. The fourth-order valence-corrected chi connectivity index (χ4v) is 3.70. The first kappa shape index (κ1) is 15.3. The average Bonchev–Trinajstić information content (AvgIpc) is 2.78. The zero-order valence-corrected chi connectivity index (χ0v) is 14.4. The number of aromatic nitrogens is 1. The minimum Gasteiger partial charge on any atom is -0.384 e. The van der Waals surface area contributed by atoms with Crippen LogP contribution >= 0.6 is 35.2 Å². The van der Waals surface area contributed by atoms with Gasteiger partial charge in [-0.25, -0.2) is 0 Å². The van der Waals surface area contributed by atoms with E-state index in [1.807, 2.05) is 28.8 Å². The molecule has 5 heteroatoms. The molecule has 3 rings (SSSR count). The Bertz CT molecular complexity index is 846. The predicted molar refractivity (Wildman–Crippen MR) is 98.3 cm³/mol. The molecule has 1 aromatic heterocycles. The molecule has 0 saturated carbocycles. The third kappa shape index (κ3) is 3.09. The van der Waals surface area contributed by atoms with Gasteiger partial charge in [0.1, 0.15) is 5.82 Å². The summed E-state index contributed by atoms with van der Waals surface area (Å²) >= 11 is 13.0. The molecule has 2 aromatic carbocycles. The second-order valence-electron chi connectivity index (χ2n) is 5.16. The van der Waals surface area contributed by atoms with E-state index < -0.39 is 0 Å². The van der Waals surface area contributed by atoms with Crippen LogP contribution < -0.4 is 5.73 Å². The molecule has 112 valence electrons. The van der Waals surface area contributed by atoms with Crippen molar-refractivity contribution >= 4 is 41.0 Å². The Morgan fingerprint density at radius 3 is 2.36 bits per heavy atom. The summed E-state index contributed by atoms with van der Waals surface area (Å²) in [5.74, 6) is 0.706. The Hall–Kier alpha value is -1.62. The lowest BCUT2D eigenvalue weighted by molar-refractivity contribution is 0.812. The van der Waals surface area contributed by atoms with Crippen molar-refractivity contribution in [3.05, 3.63) is 68.6 Å². The Labute approximate surface area is 143 Å². The van der Waals surface area contributed by atoms with Crippen molar-refractivity contribution in [1.29, 1.82) is 0 Å². The molecule has 2 nitrogen and oxygen atoms in total. The molecule has 0 aliphatic carbocycles. The molecule has 0 saturated heterocycles. The molecule has 0 radical (unpaired) electrons. The number of anilines is 1. The summed E-state index contributed by atoms with van der Waals surface area (Å²) in [6.45, 7) is 2.77. The summed E-state index contributed by atoms with van der Waals surface area (Å²) in [4.78, 5) is 0.994. The lowest BCUT2D eigenvalue weighted by Crippen LogP contribution is -2.04. The number of nitrogen functional groups attached to an aromatic ring is 1. The monoisotopic (exact) mass is 346 g/mol. The summed E-state index contributed by atoms with van der Waals surface area (Å²) in [6, 6.07) is 16.1. The standard InChI is InChI=1S/C17H15ClN2S2/c1-11-2-4-12(5-3-11)10-20-16(19)15(22-17(20)21)13-6-8-14(18)9-7-13/h2-9H,10,19H2,1H3. The van der Waals surface area contributed by atoms with Crippen molar-refractivity contribution < 1.29 is 0 Å². The van der Waals surface area contributed by atoms with Crippen molar-refractivity contribution in [2.75, 3.05) is 5.73 Å². The first-order valence-electron chi connectivity index (χ1n) is 6.85. The molecule has 2 N–H and O–H groups in total. The highest BCUT2D eigenvalue weighted by atomic mass is 35.5. The second kappa shape index (κ2) is 6.24. The van der Waals surface area contributed by atoms with Crippen molar-refractivity contribution in [3.63, 3.8) is 0 Å². The molecule has 3 aromatic rings. The maximum absolute atomic E-state index is 6.33. The Morgan fingerprint density at radius 2 is 1.73 bits per heavy atom. The molecule has 0 aliphatic heterocycles. The first-order valence-corrected chi connectivity index (χ1v) is 8.45. The summed E-state index contributed by atoms with van der Waals surface area (Å²) in [7, 11) is 0. The molecule has 0 spiro atoms. The van der Waals surface area contributed by atoms with Gasteiger partial charge in [0.05, 0.1) is 11.4 Å². The van der Waals surface area contributed by atoms with Gasteiger partial charge in [-0.1, -0.05) is 53.6 Å². The number of thiazole rings is 1. The Morgan fingerprint density at radius 1 is 1.09 bits per heavy atom. The van der Waals surface area contributed by atoms with Gasteiger partial charge in [-0.2, -0.15) is 0 Å². The number of rotatable bonds is 3. The van der Waals surface area contributed by atoms with Gasteiger partial charge in [0, 0.05) is 5.02 Å². The molecule has 1 heterocycles. The van der Waals surface area contributed by atoms with Crippen LogP contribution in [0.25, 0.3) is 10.4 Å². The zero-order valence-electron chi connectivity index (χ0n) is 12.0. The van der Waals surface area contributed by atoms with E-state index in [-0.39, 0.29) is 0 Å². The zero-order chi connectivity index (χ0) is 15.7. The molecular weight excluding hydrogens is 332 g/mol. The third-order valence-corrected chi connectivity index (χ3v) is 5.27. The summed E-state index contributed by atoms with van der Waals surface area (Å²) in [6.07, 6.45) is 0. The third-order valence-electron chi connectivity index (χ3n) is 3.50. The van der Waals surface area contributed by atoms with Crippen LogP contribution in [-0.2, 0) is 6.54 Å². The molecule has 0 atom stereocenters. The van der Waals surface area contributed by atoms with E-state index in [2.05, 4.69) is 31.2 Å². The van der Waals surface area contributed by atoms with Crippen molar-refractivity contribution in [3.8, 4) is 10.4 Å². The van der Waals surface area contributed by atoms with Gasteiger partial charge in [0.2, 0.25) is 0 Å². The van der Waals surface area contributed by atoms with Gasteiger partial charge in [-0.3, -0.25) is 0 Å². The Balaban J connectivity index is 1.98. The van der Waals surface area contributed by atoms with Gasteiger partial charge < -0.3 is 10.3 Å².